The first-order chi connectivity index (χ1) is 18.8. The summed E-state index contributed by atoms with van der Waals surface area (Å²) in [5, 5.41) is 11.8. The normalized spacial score (nSPS) is 16.0. The average Bonchev–Trinajstić information content (AvgIpc) is 3.50. The van der Waals surface area contributed by atoms with E-state index in [1.54, 1.807) is 32.0 Å². The third-order valence-corrected chi connectivity index (χ3v) is 7.24. The number of methoxy groups -OCH3 is 2. The molecule has 5 rings (SSSR count). The summed E-state index contributed by atoms with van der Waals surface area (Å²) in [5.74, 6) is 0.873. The van der Waals surface area contributed by atoms with Gasteiger partial charge in [-0.3, -0.25) is 19.5 Å². The number of rotatable bonds is 7. The first-order valence-electron chi connectivity index (χ1n) is 11.8. The largest absolute Gasteiger partial charge is 0.497 e. The molecule has 0 N–H and O–H groups in total. The van der Waals surface area contributed by atoms with Crippen LogP contribution < -0.4 is 33.8 Å². The monoisotopic (exact) mass is 553 g/mol. The number of allylic oxidation sites excluding steroid dienone is 1. The number of nitro groups is 1. The Morgan fingerprint density at radius 2 is 1.97 bits per heavy atom. The lowest BCUT2D eigenvalue weighted by molar-refractivity contribution is -0.385. The van der Waals surface area contributed by atoms with E-state index in [1.807, 2.05) is 0 Å². The van der Waals surface area contributed by atoms with Crippen LogP contribution in [0.1, 0.15) is 31.0 Å². The van der Waals surface area contributed by atoms with Gasteiger partial charge in [0.2, 0.25) is 6.79 Å². The minimum Gasteiger partial charge on any atom is -0.497 e. The lowest BCUT2D eigenvalue weighted by atomic mass is 9.95. The smallest absolute Gasteiger partial charge is 0.338 e. The van der Waals surface area contributed by atoms with Crippen molar-refractivity contribution in [2.24, 2.45) is 4.99 Å². The van der Waals surface area contributed by atoms with Crippen molar-refractivity contribution in [2.45, 2.75) is 19.9 Å². The quantitative estimate of drug-likeness (QED) is 0.245. The number of carbonyl (C=O) groups is 1. The Balaban J connectivity index is 1.76. The Morgan fingerprint density at radius 3 is 2.64 bits per heavy atom. The van der Waals surface area contributed by atoms with Crippen LogP contribution in [-0.2, 0) is 9.53 Å². The Bertz CT molecular complexity index is 1720. The summed E-state index contributed by atoms with van der Waals surface area (Å²) in [6, 6.07) is 6.84. The Hall–Kier alpha value is -4.65. The first-order valence-corrected chi connectivity index (χ1v) is 12.6. The summed E-state index contributed by atoms with van der Waals surface area (Å²) in [6.45, 7) is 3.41. The number of benzene rings is 2. The molecular formula is C26H23N3O9S. The molecule has 0 saturated heterocycles. The molecule has 1 unspecified atom stereocenters. The van der Waals surface area contributed by atoms with Gasteiger partial charge >= 0.3 is 5.97 Å². The number of nitrogens with zero attached hydrogens (tertiary/aromatic N) is 3. The summed E-state index contributed by atoms with van der Waals surface area (Å²) >= 11 is 1.04. The van der Waals surface area contributed by atoms with E-state index in [0.717, 1.165) is 11.3 Å². The second kappa shape index (κ2) is 10.3. The van der Waals surface area contributed by atoms with Crippen LogP contribution in [0, 0.1) is 10.1 Å². The second-order valence-electron chi connectivity index (χ2n) is 8.43. The SMILES string of the molecule is CCOC(=O)C1=C(C)N=c2sc(=Cc3cc4c(cc3[N+](=O)[O-])OCO4)c(=O)n2C1c1ccc(OC)cc1OC. The van der Waals surface area contributed by atoms with Crippen molar-refractivity contribution in [2.75, 3.05) is 27.6 Å². The molecule has 0 aliphatic carbocycles. The molecule has 13 heteroatoms. The van der Waals surface area contributed by atoms with Gasteiger partial charge in [0.05, 0.1) is 53.2 Å². The number of aromatic nitrogens is 1. The molecule has 0 bridgehead atoms. The van der Waals surface area contributed by atoms with Gasteiger partial charge in [0.15, 0.2) is 16.3 Å². The molecule has 1 atom stereocenters. The van der Waals surface area contributed by atoms with E-state index in [9.17, 15) is 19.7 Å². The Kier molecular flexibility index (Phi) is 6.83. The molecule has 2 aromatic carbocycles. The van der Waals surface area contributed by atoms with Crippen LogP contribution in [0.2, 0.25) is 0 Å². The number of hydrogen-bond acceptors (Lipinski definition) is 11. The first kappa shape index (κ1) is 26.0. The highest BCUT2D eigenvalue weighted by Gasteiger charge is 2.35. The van der Waals surface area contributed by atoms with Gasteiger partial charge in [-0.25, -0.2) is 9.79 Å². The van der Waals surface area contributed by atoms with Gasteiger partial charge in [0, 0.05) is 11.6 Å². The molecule has 2 aliphatic rings. The zero-order valence-electron chi connectivity index (χ0n) is 21.4. The maximum atomic E-state index is 13.9. The molecular weight excluding hydrogens is 530 g/mol. The van der Waals surface area contributed by atoms with Crippen molar-refractivity contribution in [1.82, 2.24) is 4.57 Å². The average molecular weight is 554 g/mol. The highest BCUT2D eigenvalue weighted by molar-refractivity contribution is 7.07. The number of ether oxygens (including phenoxy) is 5. The fourth-order valence-electron chi connectivity index (χ4n) is 4.49. The van der Waals surface area contributed by atoms with E-state index in [0.29, 0.717) is 33.3 Å². The molecule has 0 saturated carbocycles. The molecule has 0 amide bonds. The minimum absolute atomic E-state index is 0.0578. The van der Waals surface area contributed by atoms with Gasteiger partial charge in [-0.15, -0.1) is 0 Å². The van der Waals surface area contributed by atoms with Crippen LogP contribution >= 0.6 is 11.3 Å². The predicted octanol–water partition coefficient (Wildman–Crippen LogP) is 2.45. The number of thiazole rings is 1. The summed E-state index contributed by atoms with van der Waals surface area (Å²) in [6.07, 6.45) is 1.41. The fourth-order valence-corrected chi connectivity index (χ4v) is 5.53. The van der Waals surface area contributed by atoms with Gasteiger partial charge in [0.1, 0.15) is 17.5 Å². The highest BCUT2D eigenvalue weighted by atomic mass is 32.1. The molecule has 3 heterocycles. The number of nitro benzene ring substituents is 1. The van der Waals surface area contributed by atoms with E-state index in [1.165, 1.54) is 37.0 Å². The molecule has 1 aromatic heterocycles. The molecule has 202 valence electrons. The standard InChI is InChI=1S/C26H23N3O9S/c1-5-36-25(31)22-13(2)27-26-28(23(22)16-7-6-15(34-3)10-18(16)35-4)24(30)21(39-26)9-14-8-19-20(38-12-37-19)11-17(14)29(32)33/h6-11,23H,5,12H2,1-4H3. The fraction of sp³-hybridized carbons (Fsp3) is 0.269. The van der Waals surface area contributed by atoms with Crippen LogP contribution in [-0.4, -0.2) is 43.1 Å². The van der Waals surface area contributed by atoms with Crippen LogP contribution in [0.25, 0.3) is 6.08 Å². The Morgan fingerprint density at radius 1 is 1.23 bits per heavy atom. The second-order valence-corrected chi connectivity index (χ2v) is 9.44. The van der Waals surface area contributed by atoms with Gasteiger partial charge < -0.3 is 23.7 Å². The Labute approximate surface area is 225 Å². The predicted molar refractivity (Wildman–Crippen MR) is 139 cm³/mol. The lowest BCUT2D eigenvalue weighted by Crippen LogP contribution is -2.40. The zero-order chi connectivity index (χ0) is 27.8. The molecule has 3 aromatic rings. The lowest BCUT2D eigenvalue weighted by Gasteiger charge is -2.26. The highest BCUT2D eigenvalue weighted by Crippen LogP contribution is 2.39. The van der Waals surface area contributed by atoms with Crippen LogP contribution in [0.15, 0.2) is 51.4 Å². The van der Waals surface area contributed by atoms with Crippen molar-refractivity contribution < 1.29 is 33.4 Å². The number of esters is 1. The van der Waals surface area contributed by atoms with Crippen LogP contribution in [0.5, 0.6) is 23.0 Å². The van der Waals surface area contributed by atoms with E-state index in [-0.39, 0.29) is 40.5 Å². The van der Waals surface area contributed by atoms with Gasteiger partial charge in [-0.05, 0) is 38.1 Å². The third-order valence-electron chi connectivity index (χ3n) is 6.26. The number of hydrogen-bond donors (Lipinski definition) is 0. The molecule has 0 radical (unpaired) electrons. The molecule has 39 heavy (non-hydrogen) atoms. The van der Waals surface area contributed by atoms with Gasteiger partial charge in [-0.1, -0.05) is 11.3 Å². The third kappa shape index (κ3) is 4.50. The van der Waals surface area contributed by atoms with Crippen LogP contribution in [0.4, 0.5) is 5.69 Å². The van der Waals surface area contributed by atoms with Gasteiger partial charge in [0.25, 0.3) is 11.2 Å². The van der Waals surface area contributed by atoms with Crippen molar-refractivity contribution in [3.8, 4) is 23.0 Å². The van der Waals surface area contributed by atoms with E-state index >= 15 is 0 Å². The van der Waals surface area contributed by atoms with Crippen molar-refractivity contribution in [1.29, 1.82) is 0 Å². The topological polar surface area (TPSA) is 141 Å². The number of fused-ring (bicyclic) bond motifs is 2. The van der Waals surface area contributed by atoms with E-state index in [4.69, 9.17) is 23.7 Å². The van der Waals surface area contributed by atoms with E-state index in [2.05, 4.69) is 4.99 Å². The summed E-state index contributed by atoms with van der Waals surface area (Å²) < 4.78 is 28.4. The van der Waals surface area contributed by atoms with Crippen molar-refractivity contribution in [3.05, 3.63) is 82.5 Å². The number of carbonyl (C=O) groups excluding carboxylic acids is 1. The minimum atomic E-state index is -0.935. The maximum absolute atomic E-state index is 13.9. The molecule has 12 nitrogen and oxygen atoms in total. The van der Waals surface area contributed by atoms with Gasteiger partial charge in [-0.2, -0.15) is 0 Å². The maximum Gasteiger partial charge on any atom is 0.338 e. The summed E-state index contributed by atoms with van der Waals surface area (Å²) in [7, 11) is 2.99. The molecule has 2 aliphatic heterocycles. The van der Waals surface area contributed by atoms with Crippen LogP contribution in [0.3, 0.4) is 0 Å². The summed E-state index contributed by atoms with van der Waals surface area (Å²) in [5.41, 5.74) is 0.475. The van der Waals surface area contributed by atoms with Crippen molar-refractivity contribution >= 4 is 29.1 Å². The molecule has 0 fully saturated rings. The summed E-state index contributed by atoms with van der Waals surface area (Å²) in [4.78, 5) is 43.1. The molecule has 0 spiro atoms. The zero-order valence-corrected chi connectivity index (χ0v) is 22.2. The van der Waals surface area contributed by atoms with Crippen molar-refractivity contribution in [3.63, 3.8) is 0 Å². The van der Waals surface area contributed by atoms with E-state index < -0.39 is 22.5 Å².